The number of aromatic nitrogens is 2. The van der Waals surface area contributed by atoms with Crippen molar-refractivity contribution in [3.63, 3.8) is 0 Å². The van der Waals surface area contributed by atoms with Gasteiger partial charge in [0, 0.05) is 21.9 Å². The van der Waals surface area contributed by atoms with Crippen LogP contribution in [0.4, 0.5) is 0 Å². The summed E-state index contributed by atoms with van der Waals surface area (Å²) in [7, 11) is 0. The summed E-state index contributed by atoms with van der Waals surface area (Å²) in [5.41, 5.74) is 2.34. The standard InChI is InChI=1S/C23H22N2O5S2/c1-11-5-6-16-15(8-19(26)30-17(16)7-11)9-29-23(28)14(4)31-10-18-24-21(27)20-12(2)13(3)32-22(20)25-18/h5-8,14H,9-10H2,1-4H3,(H,24,25,27)/t14-/m0/s1. The van der Waals surface area contributed by atoms with Crippen LogP contribution in [0.5, 0.6) is 0 Å². The molecular weight excluding hydrogens is 448 g/mol. The quantitative estimate of drug-likeness (QED) is 0.329. The van der Waals surface area contributed by atoms with Crippen LogP contribution in [0.2, 0.25) is 0 Å². The smallest absolute Gasteiger partial charge is 0.336 e. The maximum atomic E-state index is 12.5. The van der Waals surface area contributed by atoms with Crippen LogP contribution in [-0.2, 0) is 21.9 Å². The predicted octanol–water partition coefficient (Wildman–Crippen LogP) is 4.38. The molecule has 0 amide bonds. The van der Waals surface area contributed by atoms with E-state index in [1.54, 1.807) is 13.0 Å². The Kier molecular flexibility index (Phi) is 6.21. The summed E-state index contributed by atoms with van der Waals surface area (Å²) < 4.78 is 10.7. The number of rotatable bonds is 6. The van der Waals surface area contributed by atoms with Gasteiger partial charge in [-0.25, -0.2) is 9.78 Å². The summed E-state index contributed by atoms with van der Waals surface area (Å²) in [5, 5.41) is 0.889. The van der Waals surface area contributed by atoms with E-state index in [4.69, 9.17) is 9.15 Å². The second-order valence-corrected chi connectivity index (χ2v) is 10.2. The molecule has 1 atom stereocenters. The number of esters is 1. The van der Waals surface area contributed by atoms with Crippen LogP contribution < -0.4 is 11.2 Å². The van der Waals surface area contributed by atoms with Gasteiger partial charge >= 0.3 is 11.6 Å². The van der Waals surface area contributed by atoms with Crippen LogP contribution in [0, 0.1) is 20.8 Å². The molecule has 0 bridgehead atoms. The fourth-order valence-corrected chi connectivity index (χ4v) is 5.16. The van der Waals surface area contributed by atoms with Gasteiger partial charge in [0.25, 0.3) is 5.56 Å². The third kappa shape index (κ3) is 4.49. The molecule has 166 valence electrons. The molecule has 4 rings (SSSR count). The number of aryl methyl sites for hydroxylation is 3. The van der Waals surface area contributed by atoms with Crippen LogP contribution in [0.3, 0.4) is 0 Å². The molecule has 0 fully saturated rings. The molecule has 1 N–H and O–H groups in total. The molecule has 3 heterocycles. The first-order valence-corrected chi connectivity index (χ1v) is 11.9. The van der Waals surface area contributed by atoms with Crippen molar-refractivity contribution in [2.75, 3.05) is 0 Å². The van der Waals surface area contributed by atoms with E-state index in [0.717, 1.165) is 21.4 Å². The first-order valence-electron chi connectivity index (χ1n) is 10.0. The number of nitrogens with zero attached hydrogens (tertiary/aromatic N) is 1. The number of fused-ring (bicyclic) bond motifs is 2. The monoisotopic (exact) mass is 470 g/mol. The second-order valence-electron chi connectivity index (χ2n) is 7.63. The lowest BCUT2D eigenvalue weighted by molar-refractivity contribution is -0.143. The van der Waals surface area contributed by atoms with Gasteiger partial charge in [-0.2, -0.15) is 0 Å². The molecular formula is C23H22N2O5S2. The molecule has 9 heteroatoms. The number of hydrogen-bond donors (Lipinski definition) is 1. The topological polar surface area (TPSA) is 102 Å². The zero-order valence-electron chi connectivity index (χ0n) is 18.1. The number of ether oxygens (including phenoxy) is 1. The Morgan fingerprint density at radius 3 is 2.81 bits per heavy atom. The Labute approximate surface area is 191 Å². The highest BCUT2D eigenvalue weighted by Crippen LogP contribution is 2.27. The molecule has 3 aromatic heterocycles. The molecule has 0 saturated heterocycles. The summed E-state index contributed by atoms with van der Waals surface area (Å²) in [4.78, 5) is 45.9. The average molecular weight is 471 g/mol. The van der Waals surface area contributed by atoms with Crippen molar-refractivity contribution in [1.82, 2.24) is 9.97 Å². The van der Waals surface area contributed by atoms with E-state index in [-0.39, 0.29) is 12.2 Å². The molecule has 32 heavy (non-hydrogen) atoms. The van der Waals surface area contributed by atoms with E-state index in [0.29, 0.717) is 32.9 Å². The van der Waals surface area contributed by atoms with Crippen LogP contribution in [0.1, 0.15) is 34.3 Å². The number of thiophene rings is 1. The summed E-state index contributed by atoms with van der Waals surface area (Å²) in [6.45, 7) is 7.51. The lowest BCUT2D eigenvalue weighted by Gasteiger charge is -2.12. The Hall–Kier alpha value is -2.91. The second kappa shape index (κ2) is 8.91. The van der Waals surface area contributed by atoms with Crippen molar-refractivity contribution in [2.45, 2.75) is 45.3 Å². The van der Waals surface area contributed by atoms with Crippen molar-refractivity contribution in [3.8, 4) is 0 Å². The van der Waals surface area contributed by atoms with E-state index in [2.05, 4.69) is 9.97 Å². The highest BCUT2D eigenvalue weighted by Gasteiger charge is 2.18. The summed E-state index contributed by atoms with van der Waals surface area (Å²) in [5.74, 6) is 0.486. The van der Waals surface area contributed by atoms with Crippen molar-refractivity contribution in [3.05, 3.63) is 72.4 Å². The number of aromatic amines is 1. The number of nitrogens with one attached hydrogen (secondary N) is 1. The molecule has 1 aromatic carbocycles. The largest absolute Gasteiger partial charge is 0.460 e. The van der Waals surface area contributed by atoms with Gasteiger partial charge in [-0.05, 0) is 44.9 Å². The van der Waals surface area contributed by atoms with Gasteiger partial charge in [0.05, 0.1) is 11.1 Å². The minimum absolute atomic E-state index is 0.0241. The van der Waals surface area contributed by atoms with E-state index in [1.807, 2.05) is 32.9 Å². The van der Waals surface area contributed by atoms with Gasteiger partial charge in [0.15, 0.2) is 0 Å². The number of carbonyl (C=O) groups excluding carboxylic acids is 1. The van der Waals surface area contributed by atoms with Crippen molar-refractivity contribution in [2.24, 2.45) is 0 Å². The van der Waals surface area contributed by atoms with Crippen molar-refractivity contribution >= 4 is 50.3 Å². The van der Waals surface area contributed by atoms with Gasteiger partial charge in [-0.1, -0.05) is 12.1 Å². The number of H-pyrrole nitrogens is 1. The third-order valence-corrected chi connectivity index (χ3v) is 7.48. The summed E-state index contributed by atoms with van der Waals surface area (Å²) in [6.07, 6.45) is 0. The van der Waals surface area contributed by atoms with Crippen LogP contribution in [-0.4, -0.2) is 21.2 Å². The summed E-state index contributed by atoms with van der Waals surface area (Å²) in [6, 6.07) is 6.88. The van der Waals surface area contributed by atoms with E-state index in [1.165, 1.54) is 29.2 Å². The van der Waals surface area contributed by atoms with Gasteiger partial charge in [-0.3, -0.25) is 9.59 Å². The average Bonchev–Trinajstić information content (AvgIpc) is 3.03. The molecule has 0 spiro atoms. The zero-order chi connectivity index (χ0) is 23.0. The van der Waals surface area contributed by atoms with E-state index < -0.39 is 16.8 Å². The van der Waals surface area contributed by atoms with E-state index >= 15 is 0 Å². The van der Waals surface area contributed by atoms with Crippen LogP contribution in [0.25, 0.3) is 21.2 Å². The molecule has 0 unspecified atom stereocenters. The minimum Gasteiger partial charge on any atom is -0.460 e. The van der Waals surface area contributed by atoms with Gasteiger partial charge in [-0.15, -0.1) is 23.1 Å². The predicted molar refractivity (Wildman–Crippen MR) is 127 cm³/mol. The molecule has 0 aliphatic carbocycles. The zero-order valence-corrected chi connectivity index (χ0v) is 19.7. The number of thioether (sulfide) groups is 1. The van der Waals surface area contributed by atoms with Gasteiger partial charge in [0.2, 0.25) is 0 Å². The fraction of sp³-hybridized carbons (Fsp3) is 0.304. The van der Waals surface area contributed by atoms with E-state index in [9.17, 15) is 14.4 Å². The summed E-state index contributed by atoms with van der Waals surface area (Å²) >= 11 is 2.82. The van der Waals surface area contributed by atoms with Gasteiger partial charge < -0.3 is 14.1 Å². The lowest BCUT2D eigenvalue weighted by Crippen LogP contribution is -2.18. The Morgan fingerprint density at radius 2 is 2.03 bits per heavy atom. The highest BCUT2D eigenvalue weighted by molar-refractivity contribution is 7.99. The third-order valence-electron chi connectivity index (χ3n) is 5.25. The number of carbonyl (C=O) groups is 1. The molecule has 0 saturated carbocycles. The maximum Gasteiger partial charge on any atom is 0.336 e. The minimum atomic E-state index is -0.485. The molecule has 0 radical (unpaired) electrons. The fourth-order valence-electron chi connectivity index (χ4n) is 3.36. The molecule has 0 aliphatic rings. The highest BCUT2D eigenvalue weighted by atomic mass is 32.2. The van der Waals surface area contributed by atoms with Crippen molar-refractivity contribution < 1.29 is 13.9 Å². The van der Waals surface area contributed by atoms with Crippen molar-refractivity contribution in [1.29, 1.82) is 0 Å². The Bertz CT molecular complexity index is 1450. The SMILES string of the molecule is Cc1ccc2c(COC(=O)[C@H](C)SCc3nc4sc(C)c(C)c4c(=O)[nH]3)cc(=O)oc2c1. The maximum absolute atomic E-state index is 12.5. The normalized spacial score (nSPS) is 12.4. The first kappa shape index (κ1) is 22.3. The first-order chi connectivity index (χ1) is 15.2. The Morgan fingerprint density at radius 1 is 1.25 bits per heavy atom. The number of benzene rings is 1. The number of hydrogen-bond acceptors (Lipinski definition) is 8. The van der Waals surface area contributed by atoms with Crippen LogP contribution in [0.15, 0.2) is 38.3 Å². The molecule has 0 aliphatic heterocycles. The molecule has 7 nitrogen and oxygen atoms in total. The van der Waals surface area contributed by atoms with Crippen LogP contribution >= 0.6 is 23.1 Å². The van der Waals surface area contributed by atoms with Gasteiger partial charge in [0.1, 0.15) is 28.1 Å². The lowest BCUT2D eigenvalue weighted by atomic mass is 10.1. The molecule has 4 aromatic rings. The Balaban J connectivity index is 1.42.